The van der Waals surface area contributed by atoms with E-state index in [9.17, 15) is 4.79 Å². The number of carbonyl (C=O) groups excluding carboxylic acids is 1. The van der Waals surface area contributed by atoms with E-state index in [0.717, 1.165) is 31.6 Å². The summed E-state index contributed by atoms with van der Waals surface area (Å²) in [6.07, 6.45) is 2.28. The Balaban J connectivity index is 1.57. The van der Waals surface area contributed by atoms with E-state index in [0.29, 0.717) is 19.0 Å². The van der Waals surface area contributed by atoms with Gasteiger partial charge >= 0.3 is 0 Å². The Hall–Kier alpha value is -2.28. The summed E-state index contributed by atoms with van der Waals surface area (Å²) in [4.78, 5) is 16.7. The number of nitrogens with zero attached hydrogens (tertiary/aromatic N) is 5. The van der Waals surface area contributed by atoms with E-state index >= 15 is 0 Å². The molecular weight excluding hydrogens is 330 g/mol. The van der Waals surface area contributed by atoms with Crippen LogP contribution in [0.5, 0.6) is 0 Å². The molecule has 1 saturated heterocycles. The predicted molar refractivity (Wildman–Crippen MR) is 96.2 cm³/mol. The first-order chi connectivity index (χ1) is 12.6. The Bertz CT molecular complexity index is 769. The zero-order valence-corrected chi connectivity index (χ0v) is 15.3. The Morgan fingerprint density at radius 1 is 1.23 bits per heavy atom. The lowest BCUT2D eigenvalue weighted by atomic mass is 10.0. The van der Waals surface area contributed by atoms with E-state index in [-0.39, 0.29) is 17.2 Å². The molecular formula is C19H25N5O2. The second-order valence-electron chi connectivity index (χ2n) is 7.80. The van der Waals surface area contributed by atoms with Crippen LogP contribution in [0.15, 0.2) is 30.3 Å². The predicted octanol–water partition coefficient (Wildman–Crippen LogP) is 2.18. The van der Waals surface area contributed by atoms with Crippen LogP contribution >= 0.6 is 0 Å². The number of benzene rings is 1. The summed E-state index contributed by atoms with van der Waals surface area (Å²) in [6.45, 7) is 6.81. The highest BCUT2D eigenvalue weighted by atomic mass is 16.5. The molecule has 1 aliphatic carbocycles. The Labute approximate surface area is 153 Å². The Kier molecular flexibility index (Phi) is 4.48. The minimum atomic E-state index is -0.450. The monoisotopic (exact) mass is 355 g/mol. The molecule has 1 spiro atoms. The SMILES string of the molecule is CC(C)C(C(=O)N1CCOCC2(CC2)C1)n1nnc(-c2ccccc2)n1. The molecule has 7 heteroatoms. The fourth-order valence-corrected chi connectivity index (χ4v) is 3.54. The van der Waals surface area contributed by atoms with Gasteiger partial charge < -0.3 is 9.64 Å². The number of rotatable bonds is 4. The maximum atomic E-state index is 13.3. The van der Waals surface area contributed by atoms with Gasteiger partial charge in [0.2, 0.25) is 11.7 Å². The number of aromatic nitrogens is 4. The molecule has 1 amide bonds. The fraction of sp³-hybridized carbons (Fsp3) is 0.579. The minimum Gasteiger partial charge on any atom is -0.379 e. The van der Waals surface area contributed by atoms with Gasteiger partial charge in [-0.1, -0.05) is 44.2 Å². The molecule has 0 radical (unpaired) electrons. The van der Waals surface area contributed by atoms with Gasteiger partial charge in [-0.25, -0.2) is 0 Å². The largest absolute Gasteiger partial charge is 0.379 e. The van der Waals surface area contributed by atoms with Crippen LogP contribution in [-0.4, -0.2) is 57.3 Å². The Morgan fingerprint density at radius 2 is 2.00 bits per heavy atom. The second kappa shape index (κ2) is 6.79. The zero-order valence-electron chi connectivity index (χ0n) is 15.3. The van der Waals surface area contributed by atoms with Gasteiger partial charge in [0.25, 0.3) is 0 Å². The summed E-state index contributed by atoms with van der Waals surface area (Å²) < 4.78 is 5.72. The van der Waals surface area contributed by atoms with E-state index in [4.69, 9.17) is 4.74 Å². The molecule has 1 aromatic carbocycles. The van der Waals surface area contributed by atoms with Crippen molar-refractivity contribution in [1.82, 2.24) is 25.1 Å². The van der Waals surface area contributed by atoms with Gasteiger partial charge in [-0.3, -0.25) is 4.79 Å². The van der Waals surface area contributed by atoms with Crippen molar-refractivity contribution in [3.05, 3.63) is 30.3 Å². The standard InChI is InChI=1S/C19H25N5O2/c1-14(2)16(18(25)23-10-11-26-13-19(12-23)8-9-19)24-21-17(20-22-24)15-6-4-3-5-7-15/h3-7,14,16H,8-13H2,1-2H3. The van der Waals surface area contributed by atoms with E-state index in [1.807, 2.05) is 49.1 Å². The highest BCUT2D eigenvalue weighted by Crippen LogP contribution is 2.47. The van der Waals surface area contributed by atoms with Gasteiger partial charge in [0.15, 0.2) is 6.04 Å². The van der Waals surface area contributed by atoms with Crippen molar-refractivity contribution in [2.24, 2.45) is 11.3 Å². The smallest absolute Gasteiger partial charge is 0.249 e. The Morgan fingerprint density at radius 3 is 2.69 bits per heavy atom. The topological polar surface area (TPSA) is 73.1 Å². The van der Waals surface area contributed by atoms with Crippen LogP contribution in [0.4, 0.5) is 0 Å². The number of ether oxygens (including phenoxy) is 1. The van der Waals surface area contributed by atoms with Crippen molar-refractivity contribution >= 4 is 5.91 Å². The molecule has 1 atom stereocenters. The molecule has 7 nitrogen and oxygen atoms in total. The van der Waals surface area contributed by atoms with Gasteiger partial charge in [-0.15, -0.1) is 10.2 Å². The molecule has 2 heterocycles. The molecule has 1 aliphatic heterocycles. The molecule has 1 saturated carbocycles. The van der Waals surface area contributed by atoms with Crippen molar-refractivity contribution in [3.63, 3.8) is 0 Å². The first kappa shape index (κ1) is 17.1. The highest BCUT2D eigenvalue weighted by molar-refractivity contribution is 5.80. The lowest BCUT2D eigenvalue weighted by Gasteiger charge is -2.28. The van der Waals surface area contributed by atoms with E-state index in [1.165, 1.54) is 4.80 Å². The van der Waals surface area contributed by atoms with Crippen LogP contribution in [0.25, 0.3) is 11.4 Å². The van der Waals surface area contributed by atoms with Gasteiger partial charge in [0, 0.05) is 24.1 Å². The third-order valence-corrected chi connectivity index (χ3v) is 5.30. The maximum Gasteiger partial charge on any atom is 0.249 e. The van der Waals surface area contributed by atoms with Crippen LogP contribution < -0.4 is 0 Å². The van der Waals surface area contributed by atoms with Crippen molar-refractivity contribution in [3.8, 4) is 11.4 Å². The third-order valence-electron chi connectivity index (χ3n) is 5.30. The highest BCUT2D eigenvalue weighted by Gasteiger charge is 2.47. The average molecular weight is 355 g/mol. The first-order valence-corrected chi connectivity index (χ1v) is 9.29. The summed E-state index contributed by atoms with van der Waals surface area (Å²) in [6, 6.07) is 9.26. The van der Waals surface area contributed by atoms with E-state index in [2.05, 4.69) is 15.4 Å². The van der Waals surface area contributed by atoms with Crippen molar-refractivity contribution in [2.75, 3.05) is 26.3 Å². The number of hydrogen-bond donors (Lipinski definition) is 0. The molecule has 1 unspecified atom stereocenters. The molecule has 138 valence electrons. The molecule has 26 heavy (non-hydrogen) atoms. The van der Waals surface area contributed by atoms with Crippen LogP contribution in [-0.2, 0) is 9.53 Å². The van der Waals surface area contributed by atoms with E-state index in [1.54, 1.807) is 0 Å². The van der Waals surface area contributed by atoms with Gasteiger partial charge in [0.05, 0.1) is 13.2 Å². The third kappa shape index (κ3) is 3.35. The summed E-state index contributed by atoms with van der Waals surface area (Å²) in [5, 5.41) is 12.9. The zero-order chi connectivity index (χ0) is 18.1. The van der Waals surface area contributed by atoms with Crippen LogP contribution in [0.3, 0.4) is 0 Å². The molecule has 1 aromatic heterocycles. The number of carbonyl (C=O) groups is 1. The molecule has 2 aromatic rings. The van der Waals surface area contributed by atoms with Gasteiger partial charge in [-0.2, -0.15) is 4.80 Å². The molecule has 0 N–H and O–H groups in total. The summed E-state index contributed by atoms with van der Waals surface area (Å²) in [5.41, 5.74) is 1.08. The molecule has 2 fully saturated rings. The second-order valence-corrected chi connectivity index (χ2v) is 7.80. The minimum absolute atomic E-state index is 0.0637. The summed E-state index contributed by atoms with van der Waals surface area (Å²) in [7, 11) is 0. The summed E-state index contributed by atoms with van der Waals surface area (Å²) >= 11 is 0. The number of amides is 1. The molecule has 2 aliphatic rings. The molecule has 0 bridgehead atoms. The lowest BCUT2D eigenvalue weighted by molar-refractivity contribution is -0.137. The molecule has 4 rings (SSSR count). The van der Waals surface area contributed by atoms with Crippen LogP contribution in [0.2, 0.25) is 0 Å². The van der Waals surface area contributed by atoms with Gasteiger partial charge in [0.1, 0.15) is 0 Å². The fourth-order valence-electron chi connectivity index (χ4n) is 3.54. The van der Waals surface area contributed by atoms with Crippen LogP contribution in [0.1, 0.15) is 32.7 Å². The number of hydrogen-bond acceptors (Lipinski definition) is 5. The van der Waals surface area contributed by atoms with Crippen molar-refractivity contribution in [1.29, 1.82) is 0 Å². The van der Waals surface area contributed by atoms with Crippen molar-refractivity contribution < 1.29 is 9.53 Å². The number of tetrazole rings is 1. The van der Waals surface area contributed by atoms with Crippen LogP contribution in [0, 0.1) is 11.3 Å². The van der Waals surface area contributed by atoms with Gasteiger partial charge in [-0.05, 0) is 24.0 Å². The first-order valence-electron chi connectivity index (χ1n) is 9.29. The van der Waals surface area contributed by atoms with Crippen molar-refractivity contribution in [2.45, 2.75) is 32.7 Å². The summed E-state index contributed by atoms with van der Waals surface area (Å²) in [5.74, 6) is 0.676. The lowest BCUT2D eigenvalue weighted by Crippen LogP contribution is -2.43. The average Bonchev–Trinajstić information content (AvgIpc) is 3.31. The quantitative estimate of drug-likeness (QED) is 0.840. The van der Waals surface area contributed by atoms with E-state index < -0.39 is 6.04 Å². The maximum absolute atomic E-state index is 13.3. The normalized spacial score (nSPS) is 20.2.